The fourth-order valence-electron chi connectivity index (χ4n) is 4.56. The molecule has 0 amide bonds. The summed E-state index contributed by atoms with van der Waals surface area (Å²) in [5, 5.41) is 0. The smallest absolute Gasteiger partial charge is 0.225 e. The van der Waals surface area contributed by atoms with Crippen LogP contribution in [0, 0.1) is 5.92 Å². The molecule has 0 aliphatic carbocycles. The molecule has 4 rings (SSSR count). The number of allylic oxidation sites excluding steroid dienone is 1. The number of piperazine rings is 1. The van der Waals surface area contributed by atoms with Gasteiger partial charge in [-0.25, -0.2) is 21.7 Å². The van der Waals surface area contributed by atoms with E-state index in [4.69, 9.17) is 0 Å². The van der Waals surface area contributed by atoms with E-state index in [1.807, 2.05) is 18.5 Å². The van der Waals surface area contributed by atoms with Crippen LogP contribution in [-0.2, 0) is 4.79 Å². The van der Waals surface area contributed by atoms with Crippen LogP contribution < -0.4 is 4.90 Å². The number of unbranched alkanes of at least 4 members (excludes halogenated alkanes) is 1. The Labute approximate surface area is 190 Å². The Kier molecular flexibility index (Phi) is 8.20. The van der Waals surface area contributed by atoms with Crippen molar-refractivity contribution in [2.75, 3.05) is 56.2 Å². The van der Waals surface area contributed by atoms with Gasteiger partial charge in [0, 0.05) is 80.5 Å². The van der Waals surface area contributed by atoms with E-state index >= 15 is 0 Å². The molecular formula is C22H33ClN5OS. The molecule has 3 aliphatic heterocycles. The van der Waals surface area contributed by atoms with Crippen molar-refractivity contribution in [3.8, 4) is 0 Å². The molecule has 1 aromatic heterocycles. The van der Waals surface area contributed by atoms with Crippen LogP contribution >= 0.6 is 24.2 Å². The fraction of sp³-hybridized carbons (Fsp3) is 0.591. The van der Waals surface area contributed by atoms with Gasteiger partial charge in [0.1, 0.15) is 0 Å². The van der Waals surface area contributed by atoms with Gasteiger partial charge >= 0.3 is 0 Å². The molecule has 4 heterocycles. The molecule has 0 aromatic carbocycles. The molecule has 0 N–H and O–H groups in total. The number of hydrogen-bond acceptors (Lipinski definition) is 6. The number of Topliss-reactive ketones (excluding diaryl/α,β-unsaturated/α-hetero) is 1. The topological polar surface area (TPSA) is 52.6 Å². The van der Waals surface area contributed by atoms with Gasteiger partial charge in [0.15, 0.2) is 5.78 Å². The zero-order valence-electron chi connectivity index (χ0n) is 18.0. The maximum absolute atomic E-state index is 13.1. The van der Waals surface area contributed by atoms with Crippen molar-refractivity contribution in [3.05, 3.63) is 41.5 Å². The molecule has 1 fully saturated rings. The molecule has 6 nitrogen and oxygen atoms in total. The summed E-state index contributed by atoms with van der Waals surface area (Å²) >= 11 is 1.37. The van der Waals surface area contributed by atoms with Crippen LogP contribution in [-0.4, -0.2) is 76.8 Å². The Morgan fingerprint density at radius 2 is 1.83 bits per heavy atom. The lowest BCUT2D eigenvalue weighted by atomic mass is 9.88. The number of hydrogen-bond donors (Lipinski definition) is 1. The van der Waals surface area contributed by atoms with Crippen molar-refractivity contribution < 1.29 is 4.79 Å². The summed E-state index contributed by atoms with van der Waals surface area (Å²) in [4.78, 5) is 28.8. The monoisotopic (exact) mass is 450 g/mol. The van der Waals surface area contributed by atoms with Gasteiger partial charge in [0.2, 0.25) is 5.95 Å². The molecule has 1 aromatic rings. The SMILES string of the molecule is CC1=CN(C)C2=C(C[SH]C2)C(=O)C1CCCCN1CCN(c2ncccn2)CC1.Cl. The normalized spacial score (nSPS) is 22.5. The van der Waals surface area contributed by atoms with E-state index in [1.165, 1.54) is 23.0 Å². The Hall–Kier alpha value is -1.57. The highest BCUT2D eigenvalue weighted by atomic mass is 35.5. The fourth-order valence-corrected chi connectivity index (χ4v) is 5.86. The van der Waals surface area contributed by atoms with Crippen molar-refractivity contribution in [2.24, 2.45) is 5.92 Å². The minimum atomic E-state index is 0. The molecule has 8 heteroatoms. The minimum absolute atomic E-state index is 0. The number of nitrogens with zero attached hydrogens (tertiary/aromatic N) is 5. The quantitative estimate of drug-likeness (QED) is 0.531. The number of halogens is 1. The lowest BCUT2D eigenvalue weighted by Crippen LogP contribution is -2.47. The molecule has 1 unspecified atom stereocenters. The molecule has 1 radical (unpaired) electrons. The van der Waals surface area contributed by atoms with Crippen LogP contribution in [0.25, 0.3) is 0 Å². The van der Waals surface area contributed by atoms with Crippen molar-refractivity contribution in [3.63, 3.8) is 0 Å². The van der Waals surface area contributed by atoms with Gasteiger partial charge in [-0.2, -0.15) is 0 Å². The van der Waals surface area contributed by atoms with Gasteiger partial charge in [0.05, 0.1) is 0 Å². The average molecular weight is 451 g/mol. The Morgan fingerprint density at radius 1 is 1.10 bits per heavy atom. The first-order chi connectivity index (χ1) is 14.1. The highest BCUT2D eigenvalue weighted by Crippen LogP contribution is 2.35. The highest BCUT2D eigenvalue weighted by Gasteiger charge is 2.32. The Morgan fingerprint density at radius 3 is 2.57 bits per heavy atom. The standard InChI is InChI=1S/C22H32N5OS.ClH/c1-17-14-25(2)20-16-29-15-19(20)21(28)18(17)6-3-4-9-26-10-12-27(13-11-26)22-23-7-5-8-24-22;/h5,7-8,14,18,29H,3-4,6,9-13,15-16H2,1-2H3;1H. The molecule has 0 saturated carbocycles. The van der Waals surface area contributed by atoms with Gasteiger partial charge in [-0.1, -0.05) is 6.42 Å². The second-order valence-corrected chi connectivity index (χ2v) is 9.32. The lowest BCUT2D eigenvalue weighted by molar-refractivity contribution is -0.118. The van der Waals surface area contributed by atoms with E-state index in [0.29, 0.717) is 5.78 Å². The van der Waals surface area contributed by atoms with Crippen LogP contribution in [0.2, 0.25) is 0 Å². The first-order valence-electron chi connectivity index (χ1n) is 10.7. The maximum atomic E-state index is 13.1. The molecule has 3 aliphatic rings. The molecule has 30 heavy (non-hydrogen) atoms. The van der Waals surface area contributed by atoms with E-state index in [-0.39, 0.29) is 18.3 Å². The molecule has 1 atom stereocenters. The second-order valence-electron chi connectivity index (χ2n) is 8.24. The van der Waals surface area contributed by atoms with Crippen molar-refractivity contribution >= 4 is 35.9 Å². The number of carbonyl (C=O) groups is 1. The van der Waals surface area contributed by atoms with Crippen molar-refractivity contribution in [1.29, 1.82) is 0 Å². The van der Waals surface area contributed by atoms with Crippen LogP contribution in [0.4, 0.5) is 5.95 Å². The highest BCUT2D eigenvalue weighted by molar-refractivity contribution is 8.00. The second kappa shape index (κ2) is 10.6. The van der Waals surface area contributed by atoms with Crippen LogP contribution in [0.3, 0.4) is 0 Å². The van der Waals surface area contributed by atoms with E-state index in [9.17, 15) is 4.79 Å². The number of carbonyl (C=O) groups excluding carboxylic acids is 1. The van der Waals surface area contributed by atoms with Gasteiger partial charge in [-0.15, -0.1) is 12.4 Å². The summed E-state index contributed by atoms with van der Waals surface area (Å²) in [5.74, 6) is 3.26. The predicted molar refractivity (Wildman–Crippen MR) is 128 cm³/mol. The van der Waals surface area contributed by atoms with E-state index in [2.05, 4.69) is 44.8 Å². The van der Waals surface area contributed by atoms with Gasteiger partial charge < -0.3 is 9.80 Å². The minimum Gasteiger partial charge on any atom is -0.353 e. The van der Waals surface area contributed by atoms with Crippen LogP contribution in [0.5, 0.6) is 0 Å². The summed E-state index contributed by atoms with van der Waals surface area (Å²) in [6.45, 7) is 7.31. The molecule has 165 valence electrons. The maximum Gasteiger partial charge on any atom is 0.225 e. The summed E-state index contributed by atoms with van der Waals surface area (Å²) in [5.41, 5.74) is 3.56. The van der Waals surface area contributed by atoms with Crippen LogP contribution in [0.1, 0.15) is 26.2 Å². The van der Waals surface area contributed by atoms with Gasteiger partial charge in [0.25, 0.3) is 0 Å². The molecular weight excluding hydrogens is 418 g/mol. The number of ketones is 1. The third-order valence-corrected chi connectivity index (χ3v) is 7.35. The largest absolute Gasteiger partial charge is 0.353 e. The average Bonchev–Trinajstić information content (AvgIpc) is 3.22. The summed E-state index contributed by atoms with van der Waals surface area (Å²) < 4.78 is 0. The van der Waals surface area contributed by atoms with E-state index in [0.717, 1.165) is 75.0 Å². The summed E-state index contributed by atoms with van der Waals surface area (Å²) in [6, 6.07) is 1.86. The van der Waals surface area contributed by atoms with E-state index < -0.39 is 0 Å². The number of anilines is 1. The zero-order valence-corrected chi connectivity index (χ0v) is 19.7. The molecule has 0 spiro atoms. The van der Waals surface area contributed by atoms with Crippen molar-refractivity contribution in [1.82, 2.24) is 19.8 Å². The zero-order chi connectivity index (χ0) is 20.2. The van der Waals surface area contributed by atoms with Gasteiger partial charge in [-0.3, -0.25) is 9.69 Å². The lowest BCUT2D eigenvalue weighted by Gasteiger charge is -2.34. The van der Waals surface area contributed by atoms with E-state index in [1.54, 1.807) is 0 Å². The Bertz CT molecular complexity index is 792. The molecule has 1 saturated heterocycles. The first kappa shape index (κ1) is 23.1. The number of thiol groups is 1. The summed E-state index contributed by atoms with van der Waals surface area (Å²) in [6.07, 6.45) is 9.04. The number of rotatable bonds is 6. The molecule has 0 bridgehead atoms. The first-order valence-corrected chi connectivity index (χ1v) is 11.9. The number of aromatic nitrogens is 2. The van der Waals surface area contributed by atoms with Crippen LogP contribution in [0.15, 0.2) is 41.5 Å². The third kappa shape index (κ3) is 5.18. The summed E-state index contributed by atoms with van der Waals surface area (Å²) in [7, 11) is 2.09. The Balaban J connectivity index is 0.00000256. The third-order valence-electron chi connectivity index (χ3n) is 6.29. The predicted octanol–water partition coefficient (Wildman–Crippen LogP) is 2.96. The van der Waals surface area contributed by atoms with Gasteiger partial charge in [-0.05, 0) is 37.9 Å². The van der Waals surface area contributed by atoms with Crippen molar-refractivity contribution in [2.45, 2.75) is 26.2 Å².